The van der Waals surface area contributed by atoms with Gasteiger partial charge in [-0.2, -0.15) is 0 Å². The minimum absolute atomic E-state index is 0.359. The molecule has 0 bridgehead atoms. The number of rotatable bonds is 3. The first-order valence-corrected chi connectivity index (χ1v) is 6.54. The minimum Gasteiger partial charge on any atom is -0.478 e. The molecule has 3 N–H and O–H groups in total. The van der Waals surface area contributed by atoms with Crippen molar-refractivity contribution in [3.8, 4) is 0 Å². The third-order valence-corrected chi connectivity index (χ3v) is 3.63. The van der Waals surface area contributed by atoms with Crippen LogP contribution in [-0.2, 0) is 19.6 Å². The maximum atomic E-state index is 11.0. The fraction of sp³-hybridized carbons (Fsp3) is 0.188. The van der Waals surface area contributed by atoms with E-state index in [1.807, 2.05) is 30.3 Å². The summed E-state index contributed by atoms with van der Waals surface area (Å²) in [5.41, 5.74) is 10.3. The summed E-state index contributed by atoms with van der Waals surface area (Å²) >= 11 is 0. The number of hydrogen-bond acceptors (Lipinski definition) is 3. The average molecular weight is 268 g/mol. The van der Waals surface area contributed by atoms with Crippen molar-refractivity contribution in [3.63, 3.8) is 0 Å². The van der Waals surface area contributed by atoms with Crippen molar-refractivity contribution in [3.05, 3.63) is 64.7 Å². The predicted molar refractivity (Wildman–Crippen MR) is 77.2 cm³/mol. The second-order valence-electron chi connectivity index (χ2n) is 5.18. The monoisotopic (exact) mass is 268 g/mol. The summed E-state index contributed by atoms with van der Waals surface area (Å²) in [4.78, 5) is 13.3. The number of aromatic carboxylic acids is 1. The van der Waals surface area contributed by atoms with Crippen LogP contribution in [0.3, 0.4) is 0 Å². The van der Waals surface area contributed by atoms with E-state index in [1.165, 1.54) is 11.1 Å². The highest BCUT2D eigenvalue weighted by Gasteiger charge is 2.20. The average Bonchev–Trinajstić information content (AvgIpc) is 2.82. The van der Waals surface area contributed by atoms with E-state index in [0.717, 1.165) is 30.9 Å². The lowest BCUT2D eigenvalue weighted by atomic mass is 10.1. The largest absolute Gasteiger partial charge is 0.478 e. The number of carboxylic acids is 1. The number of nitrogens with zero attached hydrogens (tertiary/aromatic N) is 1. The number of hydrogen-bond donors (Lipinski definition) is 2. The fourth-order valence-corrected chi connectivity index (χ4v) is 2.59. The molecule has 0 atom stereocenters. The zero-order chi connectivity index (χ0) is 14.1. The second-order valence-corrected chi connectivity index (χ2v) is 5.18. The lowest BCUT2D eigenvalue weighted by molar-refractivity contribution is 0.0696. The van der Waals surface area contributed by atoms with Gasteiger partial charge in [-0.1, -0.05) is 18.2 Å². The molecule has 0 aliphatic carbocycles. The Morgan fingerprint density at radius 3 is 2.50 bits per heavy atom. The Morgan fingerprint density at radius 1 is 1.10 bits per heavy atom. The molecular weight excluding hydrogens is 252 g/mol. The van der Waals surface area contributed by atoms with E-state index in [0.29, 0.717) is 5.56 Å². The molecule has 0 aromatic heterocycles. The number of nitrogen functional groups attached to an aromatic ring is 1. The Morgan fingerprint density at radius 2 is 1.80 bits per heavy atom. The summed E-state index contributed by atoms with van der Waals surface area (Å²) in [6.45, 7) is 2.50. The van der Waals surface area contributed by atoms with Gasteiger partial charge in [-0.25, -0.2) is 4.79 Å². The SMILES string of the molecule is Nc1ccc(CN2Cc3ccc(C(=O)O)cc3C2)cc1. The molecule has 2 aromatic rings. The van der Waals surface area contributed by atoms with Gasteiger partial charge in [-0.3, -0.25) is 4.90 Å². The third-order valence-electron chi connectivity index (χ3n) is 3.63. The van der Waals surface area contributed by atoms with Gasteiger partial charge in [-0.15, -0.1) is 0 Å². The summed E-state index contributed by atoms with van der Waals surface area (Å²) < 4.78 is 0. The highest BCUT2D eigenvalue weighted by Crippen LogP contribution is 2.25. The van der Waals surface area contributed by atoms with Gasteiger partial charge in [0.2, 0.25) is 0 Å². The molecule has 0 unspecified atom stereocenters. The topological polar surface area (TPSA) is 66.6 Å². The van der Waals surface area contributed by atoms with E-state index in [2.05, 4.69) is 4.90 Å². The molecule has 0 amide bonds. The van der Waals surface area contributed by atoms with Crippen molar-refractivity contribution in [2.24, 2.45) is 0 Å². The van der Waals surface area contributed by atoms with Crippen LogP contribution in [0, 0.1) is 0 Å². The summed E-state index contributed by atoms with van der Waals surface area (Å²) in [5.74, 6) is -0.871. The summed E-state index contributed by atoms with van der Waals surface area (Å²) in [7, 11) is 0. The Kier molecular flexibility index (Phi) is 3.16. The highest BCUT2D eigenvalue weighted by molar-refractivity contribution is 5.87. The van der Waals surface area contributed by atoms with Crippen molar-refractivity contribution in [1.29, 1.82) is 0 Å². The number of carbonyl (C=O) groups is 1. The van der Waals surface area contributed by atoms with Crippen LogP contribution in [0.4, 0.5) is 5.69 Å². The number of nitrogens with two attached hydrogens (primary N) is 1. The van der Waals surface area contributed by atoms with Gasteiger partial charge >= 0.3 is 5.97 Å². The van der Waals surface area contributed by atoms with Gasteiger partial charge in [0.25, 0.3) is 0 Å². The lowest BCUT2D eigenvalue weighted by Crippen LogP contribution is -2.15. The first-order chi connectivity index (χ1) is 9.61. The summed E-state index contributed by atoms with van der Waals surface area (Å²) in [6.07, 6.45) is 0. The first kappa shape index (κ1) is 12.7. The van der Waals surface area contributed by atoms with Crippen LogP contribution < -0.4 is 5.73 Å². The number of fused-ring (bicyclic) bond motifs is 1. The predicted octanol–water partition coefficient (Wildman–Crippen LogP) is 2.48. The maximum absolute atomic E-state index is 11.0. The van der Waals surface area contributed by atoms with Gasteiger partial charge in [0.05, 0.1) is 5.56 Å². The molecule has 4 heteroatoms. The second kappa shape index (κ2) is 4.98. The van der Waals surface area contributed by atoms with Gasteiger partial charge in [-0.05, 0) is 41.0 Å². The Labute approximate surface area is 117 Å². The van der Waals surface area contributed by atoms with Crippen molar-refractivity contribution in [1.82, 2.24) is 4.90 Å². The van der Waals surface area contributed by atoms with Crippen molar-refractivity contribution >= 4 is 11.7 Å². The van der Waals surface area contributed by atoms with Crippen molar-refractivity contribution in [2.45, 2.75) is 19.6 Å². The molecule has 0 saturated heterocycles. The molecule has 0 saturated carbocycles. The standard InChI is InChI=1S/C16H16N2O2/c17-15-5-1-11(2-6-15)8-18-9-13-4-3-12(16(19)20)7-14(13)10-18/h1-7H,8-10,17H2,(H,19,20). The smallest absolute Gasteiger partial charge is 0.335 e. The van der Waals surface area contributed by atoms with Gasteiger partial charge < -0.3 is 10.8 Å². The Hall–Kier alpha value is -2.33. The van der Waals surface area contributed by atoms with Crippen LogP contribution in [0.1, 0.15) is 27.0 Å². The number of benzene rings is 2. The molecule has 1 aliphatic heterocycles. The van der Waals surface area contributed by atoms with E-state index in [9.17, 15) is 4.79 Å². The summed E-state index contributed by atoms with van der Waals surface area (Å²) in [5, 5.41) is 9.02. The number of carboxylic acid groups (broad SMARTS) is 1. The van der Waals surface area contributed by atoms with Gasteiger partial charge in [0.1, 0.15) is 0 Å². The molecule has 20 heavy (non-hydrogen) atoms. The first-order valence-electron chi connectivity index (χ1n) is 6.54. The van der Waals surface area contributed by atoms with Crippen LogP contribution in [-0.4, -0.2) is 16.0 Å². The molecule has 102 valence electrons. The lowest BCUT2D eigenvalue weighted by Gasteiger charge is -2.14. The van der Waals surface area contributed by atoms with Crippen LogP contribution in [0.2, 0.25) is 0 Å². The zero-order valence-corrected chi connectivity index (χ0v) is 11.0. The molecule has 2 aromatic carbocycles. The van der Waals surface area contributed by atoms with Crippen molar-refractivity contribution in [2.75, 3.05) is 5.73 Å². The van der Waals surface area contributed by atoms with Crippen LogP contribution >= 0.6 is 0 Å². The van der Waals surface area contributed by atoms with E-state index in [1.54, 1.807) is 12.1 Å². The molecular formula is C16H16N2O2. The van der Waals surface area contributed by atoms with Crippen molar-refractivity contribution < 1.29 is 9.90 Å². The molecule has 1 heterocycles. The molecule has 4 nitrogen and oxygen atoms in total. The normalized spacial score (nSPS) is 14.2. The Bertz CT molecular complexity index is 650. The maximum Gasteiger partial charge on any atom is 0.335 e. The fourth-order valence-electron chi connectivity index (χ4n) is 2.59. The summed E-state index contributed by atoms with van der Waals surface area (Å²) in [6, 6.07) is 13.2. The van der Waals surface area contributed by atoms with Gasteiger partial charge in [0.15, 0.2) is 0 Å². The Balaban J connectivity index is 1.73. The van der Waals surface area contributed by atoms with Crippen LogP contribution in [0.15, 0.2) is 42.5 Å². The number of anilines is 1. The van der Waals surface area contributed by atoms with E-state index in [4.69, 9.17) is 10.8 Å². The molecule has 3 rings (SSSR count). The van der Waals surface area contributed by atoms with E-state index >= 15 is 0 Å². The van der Waals surface area contributed by atoms with Gasteiger partial charge in [0, 0.05) is 25.3 Å². The molecule has 0 radical (unpaired) electrons. The minimum atomic E-state index is -0.871. The van der Waals surface area contributed by atoms with Crippen LogP contribution in [0.5, 0.6) is 0 Å². The van der Waals surface area contributed by atoms with E-state index in [-0.39, 0.29) is 0 Å². The molecule has 0 fully saturated rings. The van der Waals surface area contributed by atoms with Crippen LogP contribution in [0.25, 0.3) is 0 Å². The zero-order valence-electron chi connectivity index (χ0n) is 11.0. The molecule has 1 aliphatic rings. The third kappa shape index (κ3) is 2.51. The van der Waals surface area contributed by atoms with E-state index < -0.39 is 5.97 Å². The molecule has 0 spiro atoms. The quantitative estimate of drug-likeness (QED) is 0.839. The highest BCUT2D eigenvalue weighted by atomic mass is 16.4.